The van der Waals surface area contributed by atoms with E-state index < -0.39 is 0 Å². The number of amides is 1. The monoisotopic (exact) mass is 407 g/mol. The molecule has 0 fully saturated rings. The van der Waals surface area contributed by atoms with Crippen LogP contribution in [0.1, 0.15) is 15.9 Å². The number of hydrazone groups is 1. The Morgan fingerprint density at radius 3 is 2.54 bits per heavy atom. The number of H-pyrrole nitrogens is 1. The molecule has 4 aromatic rings. The van der Waals surface area contributed by atoms with Crippen LogP contribution in [0.2, 0.25) is 10.0 Å². The van der Waals surface area contributed by atoms with E-state index in [2.05, 4.69) is 15.5 Å². The number of halogens is 2. The molecule has 4 nitrogen and oxygen atoms in total. The van der Waals surface area contributed by atoms with Crippen LogP contribution in [-0.4, -0.2) is 17.1 Å². The number of fused-ring (bicyclic) bond motifs is 1. The summed E-state index contributed by atoms with van der Waals surface area (Å²) < 4.78 is 0. The molecule has 0 spiro atoms. The first kappa shape index (κ1) is 18.3. The molecular formula is C22H15Cl2N3O. The Labute approximate surface area is 171 Å². The van der Waals surface area contributed by atoms with Gasteiger partial charge >= 0.3 is 0 Å². The molecule has 6 heteroatoms. The van der Waals surface area contributed by atoms with E-state index in [0.717, 1.165) is 27.7 Å². The summed E-state index contributed by atoms with van der Waals surface area (Å²) in [6, 6.07) is 22.7. The molecule has 0 atom stereocenters. The van der Waals surface area contributed by atoms with Crippen molar-refractivity contribution in [3.8, 4) is 11.3 Å². The third-order valence-electron chi connectivity index (χ3n) is 4.31. The highest BCUT2D eigenvalue weighted by molar-refractivity contribution is 6.42. The van der Waals surface area contributed by atoms with E-state index in [9.17, 15) is 4.79 Å². The van der Waals surface area contributed by atoms with Crippen molar-refractivity contribution in [1.29, 1.82) is 0 Å². The highest BCUT2D eigenvalue weighted by Gasteiger charge is 2.12. The fourth-order valence-corrected chi connectivity index (χ4v) is 3.24. The Bertz CT molecular complexity index is 1180. The van der Waals surface area contributed by atoms with Gasteiger partial charge in [0.15, 0.2) is 0 Å². The Kier molecular flexibility index (Phi) is 5.15. The number of hydrogen-bond acceptors (Lipinski definition) is 2. The third-order valence-corrected chi connectivity index (χ3v) is 5.05. The minimum atomic E-state index is -0.302. The van der Waals surface area contributed by atoms with Gasteiger partial charge in [0, 0.05) is 11.1 Å². The smallest absolute Gasteiger partial charge is 0.273 e. The average molecular weight is 408 g/mol. The van der Waals surface area contributed by atoms with Crippen LogP contribution in [0.25, 0.3) is 22.2 Å². The lowest BCUT2D eigenvalue weighted by molar-refractivity contribution is 0.0956. The molecule has 0 saturated carbocycles. The minimum Gasteiger partial charge on any atom is -0.354 e. The largest absolute Gasteiger partial charge is 0.354 e. The van der Waals surface area contributed by atoms with Crippen LogP contribution in [0.5, 0.6) is 0 Å². The Morgan fingerprint density at radius 1 is 0.929 bits per heavy atom. The fraction of sp³-hybridized carbons (Fsp3) is 0. The van der Waals surface area contributed by atoms with Crippen LogP contribution in [-0.2, 0) is 0 Å². The molecular weight excluding hydrogens is 393 g/mol. The normalized spacial score (nSPS) is 11.2. The van der Waals surface area contributed by atoms with Gasteiger partial charge in [0.25, 0.3) is 5.91 Å². The average Bonchev–Trinajstić information content (AvgIpc) is 3.15. The zero-order valence-corrected chi connectivity index (χ0v) is 16.1. The fourth-order valence-electron chi connectivity index (χ4n) is 2.94. The zero-order chi connectivity index (χ0) is 19.5. The van der Waals surface area contributed by atoms with Crippen molar-refractivity contribution in [3.05, 3.63) is 94.0 Å². The maximum atomic E-state index is 12.6. The van der Waals surface area contributed by atoms with Gasteiger partial charge < -0.3 is 4.98 Å². The number of aromatic nitrogens is 1. The van der Waals surface area contributed by atoms with E-state index in [-0.39, 0.29) is 5.91 Å². The summed E-state index contributed by atoms with van der Waals surface area (Å²) in [5, 5.41) is 5.88. The standard InChI is InChI=1S/C22H15Cl2N3O/c23-18-10-9-14(11-19(18)24)13-25-27-22(28)17-8-4-7-16-12-20(26-21(16)17)15-5-2-1-3-6-15/h1-13,26H,(H,27,28)/b25-13+. The lowest BCUT2D eigenvalue weighted by atomic mass is 10.1. The Balaban J connectivity index is 1.58. The lowest BCUT2D eigenvalue weighted by Crippen LogP contribution is -2.18. The number of carbonyl (C=O) groups excluding carboxylic acids is 1. The molecule has 0 bridgehead atoms. The Morgan fingerprint density at radius 2 is 1.75 bits per heavy atom. The van der Waals surface area contributed by atoms with Gasteiger partial charge in [-0.25, -0.2) is 5.43 Å². The van der Waals surface area contributed by atoms with Crippen LogP contribution in [0.3, 0.4) is 0 Å². The summed E-state index contributed by atoms with van der Waals surface area (Å²) in [4.78, 5) is 16.0. The number of nitrogens with zero attached hydrogens (tertiary/aromatic N) is 1. The zero-order valence-electron chi connectivity index (χ0n) is 14.6. The van der Waals surface area contributed by atoms with Gasteiger partial charge in [0.05, 0.1) is 27.3 Å². The van der Waals surface area contributed by atoms with Gasteiger partial charge in [0.1, 0.15) is 0 Å². The van der Waals surface area contributed by atoms with Crippen molar-refractivity contribution >= 4 is 46.2 Å². The van der Waals surface area contributed by atoms with Gasteiger partial charge in [-0.3, -0.25) is 4.79 Å². The van der Waals surface area contributed by atoms with E-state index in [4.69, 9.17) is 23.2 Å². The molecule has 1 aromatic heterocycles. The lowest BCUT2D eigenvalue weighted by Gasteiger charge is -2.02. The number of rotatable bonds is 4. The van der Waals surface area contributed by atoms with Crippen LogP contribution in [0.4, 0.5) is 0 Å². The molecule has 0 aliphatic carbocycles. The number of hydrogen-bond donors (Lipinski definition) is 2. The van der Waals surface area contributed by atoms with Gasteiger partial charge in [-0.1, -0.05) is 71.7 Å². The van der Waals surface area contributed by atoms with Crippen LogP contribution in [0, 0.1) is 0 Å². The van der Waals surface area contributed by atoms with Gasteiger partial charge in [0.2, 0.25) is 0 Å². The first-order valence-corrected chi connectivity index (χ1v) is 9.33. The van der Waals surface area contributed by atoms with E-state index in [1.54, 1.807) is 24.3 Å². The molecule has 28 heavy (non-hydrogen) atoms. The molecule has 3 aromatic carbocycles. The quantitative estimate of drug-likeness (QED) is 0.320. The van der Waals surface area contributed by atoms with Crippen molar-refractivity contribution < 1.29 is 4.79 Å². The van der Waals surface area contributed by atoms with Crippen molar-refractivity contribution in [2.45, 2.75) is 0 Å². The number of aromatic amines is 1. The van der Waals surface area contributed by atoms with Crippen LogP contribution >= 0.6 is 23.2 Å². The summed E-state index contributed by atoms with van der Waals surface area (Å²) in [5.41, 5.74) is 6.59. The predicted octanol–water partition coefficient (Wildman–Crippen LogP) is 5.91. The van der Waals surface area contributed by atoms with E-state index in [1.807, 2.05) is 48.5 Å². The second kappa shape index (κ2) is 7.89. The molecule has 0 unspecified atom stereocenters. The second-order valence-electron chi connectivity index (χ2n) is 6.19. The number of benzene rings is 3. The molecule has 1 heterocycles. The summed E-state index contributed by atoms with van der Waals surface area (Å²) >= 11 is 11.9. The second-order valence-corrected chi connectivity index (χ2v) is 7.01. The predicted molar refractivity (Wildman–Crippen MR) is 115 cm³/mol. The maximum absolute atomic E-state index is 12.6. The number of para-hydroxylation sites is 1. The van der Waals surface area contributed by atoms with E-state index >= 15 is 0 Å². The molecule has 1 amide bonds. The SMILES string of the molecule is O=C(N/N=C/c1ccc(Cl)c(Cl)c1)c1cccc2cc(-c3ccccc3)[nH]c12. The molecule has 138 valence electrons. The highest BCUT2D eigenvalue weighted by atomic mass is 35.5. The van der Waals surface area contributed by atoms with Gasteiger partial charge in [-0.2, -0.15) is 5.10 Å². The topological polar surface area (TPSA) is 57.2 Å². The summed E-state index contributed by atoms with van der Waals surface area (Å²) in [5.74, 6) is -0.302. The van der Waals surface area contributed by atoms with Crippen LogP contribution < -0.4 is 5.43 Å². The molecule has 0 saturated heterocycles. The summed E-state index contributed by atoms with van der Waals surface area (Å²) in [7, 11) is 0. The maximum Gasteiger partial charge on any atom is 0.273 e. The molecule has 0 aliphatic heterocycles. The molecule has 2 N–H and O–H groups in total. The third kappa shape index (κ3) is 3.79. The van der Waals surface area contributed by atoms with E-state index in [0.29, 0.717) is 15.6 Å². The molecule has 0 radical (unpaired) electrons. The van der Waals surface area contributed by atoms with E-state index in [1.165, 1.54) is 6.21 Å². The first-order valence-electron chi connectivity index (χ1n) is 8.57. The molecule has 4 rings (SSSR count). The van der Waals surface area contributed by atoms with Crippen molar-refractivity contribution in [2.24, 2.45) is 5.10 Å². The van der Waals surface area contributed by atoms with Crippen molar-refractivity contribution in [2.75, 3.05) is 0 Å². The van der Waals surface area contributed by atoms with Gasteiger partial charge in [-0.05, 0) is 35.4 Å². The summed E-state index contributed by atoms with van der Waals surface area (Å²) in [6.45, 7) is 0. The first-order chi connectivity index (χ1) is 13.6. The number of nitrogens with one attached hydrogen (secondary N) is 2. The van der Waals surface area contributed by atoms with Crippen molar-refractivity contribution in [3.63, 3.8) is 0 Å². The van der Waals surface area contributed by atoms with Gasteiger partial charge in [-0.15, -0.1) is 0 Å². The Hall–Kier alpha value is -3.08. The number of carbonyl (C=O) groups is 1. The highest BCUT2D eigenvalue weighted by Crippen LogP contribution is 2.26. The minimum absolute atomic E-state index is 0.302. The van der Waals surface area contributed by atoms with Crippen molar-refractivity contribution in [1.82, 2.24) is 10.4 Å². The summed E-state index contributed by atoms with van der Waals surface area (Å²) in [6.07, 6.45) is 1.52. The van der Waals surface area contributed by atoms with Crippen LogP contribution in [0.15, 0.2) is 77.9 Å². The molecule has 0 aliphatic rings.